The summed E-state index contributed by atoms with van der Waals surface area (Å²) < 4.78 is 5.40. The van der Waals surface area contributed by atoms with Crippen molar-refractivity contribution in [1.29, 1.82) is 5.26 Å². The van der Waals surface area contributed by atoms with Crippen LogP contribution in [0.1, 0.15) is 11.1 Å². The second-order valence-corrected chi connectivity index (χ2v) is 5.05. The highest BCUT2D eigenvalue weighted by Crippen LogP contribution is 2.26. The van der Waals surface area contributed by atoms with Gasteiger partial charge in [-0.1, -0.05) is 18.2 Å². The van der Waals surface area contributed by atoms with Crippen LogP contribution in [0.3, 0.4) is 0 Å². The van der Waals surface area contributed by atoms with Gasteiger partial charge in [0.1, 0.15) is 5.82 Å². The van der Waals surface area contributed by atoms with Gasteiger partial charge in [-0.15, -0.1) is 0 Å². The summed E-state index contributed by atoms with van der Waals surface area (Å²) in [6.45, 7) is 5.19. The number of fused-ring (bicyclic) bond motifs is 1. The Labute approximate surface area is 118 Å². The predicted molar refractivity (Wildman–Crippen MR) is 78.8 cm³/mol. The maximum Gasteiger partial charge on any atom is 0.133 e. The number of anilines is 1. The van der Waals surface area contributed by atoms with E-state index in [1.807, 2.05) is 6.07 Å². The Morgan fingerprint density at radius 1 is 1.35 bits per heavy atom. The Bertz CT molecular complexity index is 669. The number of aryl methyl sites for hydroxylation is 1. The van der Waals surface area contributed by atoms with Gasteiger partial charge in [0.2, 0.25) is 0 Å². The predicted octanol–water partition coefficient (Wildman–Crippen LogP) is 2.45. The largest absolute Gasteiger partial charge is 0.378 e. The van der Waals surface area contributed by atoms with Crippen molar-refractivity contribution in [2.75, 3.05) is 31.2 Å². The molecule has 1 aromatic carbocycles. The fourth-order valence-electron chi connectivity index (χ4n) is 2.65. The molecule has 2 aromatic rings. The molecule has 102 valence electrons. The van der Waals surface area contributed by atoms with Crippen molar-refractivity contribution in [3.63, 3.8) is 0 Å². The molecule has 2 heterocycles. The molecule has 0 saturated carbocycles. The fraction of sp³-hybridized carbons (Fsp3) is 0.375. The first-order chi connectivity index (χ1) is 9.79. The summed E-state index contributed by atoms with van der Waals surface area (Å²) in [5.41, 5.74) is 3.20. The number of pyridine rings is 1. The maximum atomic E-state index is 9.05. The highest BCUT2D eigenvalue weighted by Gasteiger charge is 2.17. The smallest absolute Gasteiger partial charge is 0.133 e. The SMILES string of the molecule is Cc1cccc2cc(CC#N)c(N3CCOCC3)nc12. The quantitative estimate of drug-likeness (QED) is 0.838. The third-order valence-corrected chi connectivity index (χ3v) is 3.68. The summed E-state index contributed by atoms with van der Waals surface area (Å²) in [7, 11) is 0. The molecule has 0 bridgehead atoms. The van der Waals surface area contributed by atoms with Crippen LogP contribution in [0, 0.1) is 18.3 Å². The van der Waals surface area contributed by atoms with Crippen LogP contribution in [0.25, 0.3) is 10.9 Å². The molecule has 4 heteroatoms. The van der Waals surface area contributed by atoms with E-state index in [1.165, 1.54) is 5.56 Å². The van der Waals surface area contributed by atoms with Crippen molar-refractivity contribution >= 4 is 16.7 Å². The number of nitriles is 1. The lowest BCUT2D eigenvalue weighted by Crippen LogP contribution is -2.37. The third-order valence-electron chi connectivity index (χ3n) is 3.68. The van der Waals surface area contributed by atoms with Crippen LogP contribution in [0.2, 0.25) is 0 Å². The molecule has 1 aliphatic heterocycles. The molecule has 0 aliphatic carbocycles. The first-order valence-electron chi connectivity index (χ1n) is 6.88. The lowest BCUT2D eigenvalue weighted by atomic mass is 10.1. The number of benzene rings is 1. The Morgan fingerprint density at radius 2 is 2.15 bits per heavy atom. The summed E-state index contributed by atoms with van der Waals surface area (Å²) >= 11 is 0. The van der Waals surface area contributed by atoms with E-state index in [0.717, 1.165) is 48.6 Å². The highest BCUT2D eigenvalue weighted by molar-refractivity contribution is 5.84. The highest BCUT2D eigenvalue weighted by atomic mass is 16.5. The first-order valence-corrected chi connectivity index (χ1v) is 6.88. The molecule has 1 aliphatic rings. The summed E-state index contributed by atoms with van der Waals surface area (Å²) in [5.74, 6) is 0.941. The first kappa shape index (κ1) is 12.9. The van der Waals surface area contributed by atoms with E-state index in [4.69, 9.17) is 15.0 Å². The average Bonchev–Trinajstić information content (AvgIpc) is 2.48. The Morgan fingerprint density at radius 3 is 2.90 bits per heavy atom. The minimum atomic E-state index is 0.392. The number of aromatic nitrogens is 1. The monoisotopic (exact) mass is 267 g/mol. The van der Waals surface area contributed by atoms with Crippen molar-refractivity contribution in [2.45, 2.75) is 13.3 Å². The van der Waals surface area contributed by atoms with Crippen molar-refractivity contribution in [3.8, 4) is 6.07 Å². The molecule has 1 saturated heterocycles. The Balaban J connectivity index is 2.14. The lowest BCUT2D eigenvalue weighted by Gasteiger charge is -2.29. The molecule has 4 nitrogen and oxygen atoms in total. The van der Waals surface area contributed by atoms with Gasteiger partial charge in [0, 0.05) is 24.0 Å². The number of morpholine rings is 1. The summed E-state index contributed by atoms with van der Waals surface area (Å²) in [6, 6.07) is 10.5. The van der Waals surface area contributed by atoms with E-state index in [1.54, 1.807) is 0 Å². The zero-order valence-corrected chi connectivity index (χ0v) is 11.6. The number of rotatable bonds is 2. The topological polar surface area (TPSA) is 49.2 Å². The van der Waals surface area contributed by atoms with Gasteiger partial charge in [-0.05, 0) is 18.6 Å². The lowest BCUT2D eigenvalue weighted by molar-refractivity contribution is 0.122. The molecule has 1 aromatic heterocycles. The second-order valence-electron chi connectivity index (χ2n) is 5.05. The molecule has 1 fully saturated rings. The van der Waals surface area contributed by atoms with Crippen LogP contribution < -0.4 is 4.90 Å². The summed E-state index contributed by atoms with van der Waals surface area (Å²) in [5, 5.41) is 10.2. The number of nitrogens with zero attached hydrogens (tertiary/aromatic N) is 3. The molecular formula is C16H17N3O. The zero-order chi connectivity index (χ0) is 13.9. The van der Waals surface area contributed by atoms with Crippen LogP contribution in [0.4, 0.5) is 5.82 Å². The van der Waals surface area contributed by atoms with Gasteiger partial charge in [0.05, 0.1) is 31.2 Å². The Kier molecular flexibility index (Phi) is 3.53. The summed E-state index contributed by atoms with van der Waals surface area (Å²) in [6.07, 6.45) is 0.392. The van der Waals surface area contributed by atoms with Crippen LogP contribution in [-0.4, -0.2) is 31.3 Å². The maximum absolute atomic E-state index is 9.05. The van der Waals surface area contributed by atoms with Crippen molar-refractivity contribution in [3.05, 3.63) is 35.4 Å². The standard InChI is InChI=1S/C16H17N3O/c1-12-3-2-4-13-11-14(5-6-17)16(18-15(12)13)19-7-9-20-10-8-19/h2-4,11H,5,7-10H2,1H3. The van der Waals surface area contributed by atoms with E-state index >= 15 is 0 Å². The van der Waals surface area contributed by atoms with E-state index < -0.39 is 0 Å². The van der Waals surface area contributed by atoms with Crippen molar-refractivity contribution < 1.29 is 4.74 Å². The third kappa shape index (κ3) is 2.33. The van der Waals surface area contributed by atoms with E-state index in [-0.39, 0.29) is 0 Å². The number of ether oxygens (including phenoxy) is 1. The fourth-order valence-corrected chi connectivity index (χ4v) is 2.65. The Hall–Kier alpha value is -2.12. The van der Waals surface area contributed by atoms with Gasteiger partial charge in [-0.25, -0.2) is 4.98 Å². The van der Waals surface area contributed by atoms with Gasteiger partial charge in [-0.3, -0.25) is 0 Å². The van der Waals surface area contributed by atoms with Crippen molar-refractivity contribution in [2.24, 2.45) is 0 Å². The van der Waals surface area contributed by atoms with E-state index in [2.05, 4.69) is 36.1 Å². The van der Waals surface area contributed by atoms with Gasteiger partial charge >= 0.3 is 0 Å². The minimum Gasteiger partial charge on any atom is -0.378 e. The molecule has 0 radical (unpaired) electrons. The average molecular weight is 267 g/mol. The van der Waals surface area contributed by atoms with Gasteiger partial charge in [0.15, 0.2) is 0 Å². The van der Waals surface area contributed by atoms with Crippen LogP contribution in [0.5, 0.6) is 0 Å². The van der Waals surface area contributed by atoms with E-state index in [9.17, 15) is 0 Å². The molecular weight excluding hydrogens is 250 g/mol. The molecule has 0 atom stereocenters. The normalized spacial score (nSPS) is 15.3. The molecule has 0 N–H and O–H groups in total. The van der Waals surface area contributed by atoms with Gasteiger partial charge in [0.25, 0.3) is 0 Å². The molecule has 0 amide bonds. The number of hydrogen-bond acceptors (Lipinski definition) is 4. The summed E-state index contributed by atoms with van der Waals surface area (Å²) in [4.78, 5) is 7.06. The van der Waals surface area contributed by atoms with Gasteiger partial charge < -0.3 is 9.64 Å². The van der Waals surface area contributed by atoms with Crippen LogP contribution >= 0.6 is 0 Å². The molecule has 20 heavy (non-hydrogen) atoms. The van der Waals surface area contributed by atoms with Gasteiger partial charge in [-0.2, -0.15) is 5.26 Å². The number of hydrogen-bond donors (Lipinski definition) is 0. The minimum absolute atomic E-state index is 0.392. The molecule has 0 spiro atoms. The van der Waals surface area contributed by atoms with Crippen LogP contribution in [0.15, 0.2) is 24.3 Å². The molecule has 3 rings (SSSR count). The number of para-hydroxylation sites is 1. The van der Waals surface area contributed by atoms with Crippen molar-refractivity contribution in [1.82, 2.24) is 4.98 Å². The zero-order valence-electron chi connectivity index (χ0n) is 11.6. The van der Waals surface area contributed by atoms with Crippen LogP contribution in [-0.2, 0) is 11.2 Å². The second kappa shape index (κ2) is 5.48. The van der Waals surface area contributed by atoms with E-state index in [0.29, 0.717) is 6.42 Å². The molecule has 0 unspecified atom stereocenters.